The number of H-pyrrole nitrogens is 1. The van der Waals surface area contributed by atoms with Gasteiger partial charge in [-0.1, -0.05) is 25.1 Å². The zero-order valence-corrected chi connectivity index (χ0v) is 30.1. The molecule has 16 heteroatoms. The van der Waals surface area contributed by atoms with E-state index in [1.54, 1.807) is 32.0 Å². The number of aromatic amines is 1. The molecule has 1 aliphatic rings. The lowest BCUT2D eigenvalue weighted by atomic mass is 10.0. The van der Waals surface area contributed by atoms with Gasteiger partial charge >= 0.3 is 0 Å². The molecule has 5 N–H and O–H groups in total. The molecule has 0 fully saturated rings. The normalized spacial score (nSPS) is 18.7. The van der Waals surface area contributed by atoms with Crippen molar-refractivity contribution in [2.75, 3.05) is 26.2 Å². The Labute approximate surface area is 304 Å². The molecule has 52 heavy (non-hydrogen) atoms. The van der Waals surface area contributed by atoms with Gasteiger partial charge in [0.15, 0.2) is 5.69 Å². The lowest BCUT2D eigenvalue weighted by molar-refractivity contribution is -0.132. The standard InChI is InChI=1S/C36H42N10O5S/c1-4-26-35(50)42-29(17-24-19-39-27-10-6-5-9-25(24)27)34(49)38-14-8-16-46-22(3)40-28-12-11-23(18-30(28)46)33(48)37-13-7-15-45(20-31(47)41-26)36(51)32-21(2)43-52-44-32/h5-6,9-12,18-19,26,29,39H,4,7-8,13-17,20H2,1-3H3,(H,37,48)(H,38,49)(H,41,47)(H,42,50)/t26-,29+/m0/s1. The van der Waals surface area contributed by atoms with Crippen molar-refractivity contribution in [3.63, 3.8) is 0 Å². The summed E-state index contributed by atoms with van der Waals surface area (Å²) in [4.78, 5) is 76.8. The maximum Gasteiger partial charge on any atom is 0.275 e. The highest BCUT2D eigenvalue weighted by molar-refractivity contribution is 6.99. The molecule has 5 aromatic rings. The van der Waals surface area contributed by atoms with Crippen molar-refractivity contribution in [1.29, 1.82) is 0 Å². The number of nitrogens with one attached hydrogen (secondary N) is 5. The topological polar surface area (TPSA) is 196 Å². The minimum atomic E-state index is -0.969. The number of benzene rings is 2. The summed E-state index contributed by atoms with van der Waals surface area (Å²) >= 11 is 0.900. The van der Waals surface area contributed by atoms with E-state index in [4.69, 9.17) is 0 Å². The summed E-state index contributed by atoms with van der Waals surface area (Å²) in [7, 11) is 0. The monoisotopic (exact) mass is 726 g/mol. The van der Waals surface area contributed by atoms with Crippen molar-refractivity contribution in [2.45, 2.75) is 65.1 Å². The van der Waals surface area contributed by atoms with Crippen LogP contribution in [-0.4, -0.2) is 96.0 Å². The number of amides is 5. The Morgan fingerprint density at radius 1 is 0.923 bits per heavy atom. The van der Waals surface area contributed by atoms with Crippen molar-refractivity contribution in [3.8, 4) is 0 Å². The Bertz CT molecular complexity index is 2120. The molecule has 6 rings (SSSR count). The number of nitrogens with zero attached hydrogens (tertiary/aromatic N) is 5. The Hall–Kier alpha value is -5.64. The van der Waals surface area contributed by atoms with E-state index in [0.717, 1.165) is 45.1 Å². The van der Waals surface area contributed by atoms with Gasteiger partial charge in [-0.25, -0.2) is 4.98 Å². The highest BCUT2D eigenvalue weighted by Gasteiger charge is 2.29. The van der Waals surface area contributed by atoms with Crippen LogP contribution in [0, 0.1) is 13.8 Å². The highest BCUT2D eigenvalue weighted by atomic mass is 32.1. The van der Waals surface area contributed by atoms with Crippen LogP contribution in [0.5, 0.6) is 0 Å². The van der Waals surface area contributed by atoms with Gasteiger partial charge < -0.3 is 35.7 Å². The predicted octanol–water partition coefficient (Wildman–Crippen LogP) is 2.39. The molecule has 5 amide bonds. The molecule has 3 aromatic heterocycles. The maximum absolute atomic E-state index is 13.7. The number of fused-ring (bicyclic) bond motifs is 2. The van der Waals surface area contributed by atoms with Crippen LogP contribution in [0.1, 0.15) is 64.1 Å². The van der Waals surface area contributed by atoms with Crippen LogP contribution < -0.4 is 21.3 Å². The number of imidazole rings is 1. The lowest BCUT2D eigenvalue weighted by Crippen LogP contribution is -2.55. The molecule has 0 spiro atoms. The largest absolute Gasteiger partial charge is 0.361 e. The number of para-hydroxylation sites is 1. The molecular weight excluding hydrogens is 685 g/mol. The van der Waals surface area contributed by atoms with E-state index in [1.165, 1.54) is 4.90 Å². The van der Waals surface area contributed by atoms with Gasteiger partial charge in [0.05, 0.1) is 35.0 Å². The number of aryl methyl sites for hydroxylation is 3. The average Bonchev–Trinajstić information content (AvgIpc) is 3.84. The van der Waals surface area contributed by atoms with Crippen LogP contribution in [0.3, 0.4) is 0 Å². The highest BCUT2D eigenvalue weighted by Crippen LogP contribution is 2.21. The number of aromatic nitrogens is 5. The average molecular weight is 727 g/mol. The summed E-state index contributed by atoms with van der Waals surface area (Å²) in [5.41, 5.74) is 4.35. The zero-order valence-electron chi connectivity index (χ0n) is 29.3. The first-order chi connectivity index (χ1) is 25.1. The van der Waals surface area contributed by atoms with Crippen molar-refractivity contribution >= 4 is 63.2 Å². The van der Waals surface area contributed by atoms with Gasteiger partial charge in [0, 0.05) is 55.3 Å². The van der Waals surface area contributed by atoms with Gasteiger partial charge in [-0.05, 0) is 62.9 Å². The summed E-state index contributed by atoms with van der Waals surface area (Å²) in [6.07, 6.45) is 3.21. The van der Waals surface area contributed by atoms with Crippen LogP contribution >= 0.6 is 11.7 Å². The second-order valence-corrected chi connectivity index (χ2v) is 13.4. The zero-order chi connectivity index (χ0) is 36.8. The van der Waals surface area contributed by atoms with Crippen LogP contribution in [0.25, 0.3) is 21.9 Å². The summed E-state index contributed by atoms with van der Waals surface area (Å²) in [6.45, 7) is 6.19. The third kappa shape index (κ3) is 8.12. The van der Waals surface area contributed by atoms with Gasteiger partial charge in [0.25, 0.3) is 11.8 Å². The van der Waals surface area contributed by atoms with Crippen molar-refractivity contribution in [3.05, 3.63) is 77.0 Å². The van der Waals surface area contributed by atoms with Crippen LogP contribution in [-0.2, 0) is 27.3 Å². The molecule has 2 aromatic carbocycles. The first-order valence-electron chi connectivity index (χ1n) is 17.4. The second kappa shape index (κ2) is 16.1. The van der Waals surface area contributed by atoms with E-state index in [9.17, 15) is 24.0 Å². The maximum atomic E-state index is 13.7. The SMILES string of the molecule is CC[C@@H]1NC(=O)CN(C(=O)c2nsnc2C)CCCNC(=O)c2ccc3nc(C)n(c3c2)CCCNC(=O)[C@@H](Cc2c[nH]c3ccccc23)NC1=O. The van der Waals surface area contributed by atoms with E-state index in [-0.39, 0.29) is 50.0 Å². The number of carbonyl (C=O) groups excluding carboxylic acids is 5. The van der Waals surface area contributed by atoms with Gasteiger partial charge in [0.1, 0.15) is 17.9 Å². The van der Waals surface area contributed by atoms with Crippen molar-refractivity contribution in [2.24, 2.45) is 0 Å². The molecule has 4 heterocycles. The van der Waals surface area contributed by atoms with E-state index in [2.05, 4.69) is 40.0 Å². The first-order valence-corrected chi connectivity index (χ1v) is 18.1. The molecule has 2 atom stereocenters. The van der Waals surface area contributed by atoms with Gasteiger partial charge in [0.2, 0.25) is 17.7 Å². The van der Waals surface area contributed by atoms with Gasteiger partial charge in [-0.15, -0.1) is 0 Å². The quantitative estimate of drug-likeness (QED) is 0.186. The molecular formula is C36H42N10O5S. The minimum absolute atomic E-state index is 0.129. The molecule has 0 saturated heterocycles. The van der Waals surface area contributed by atoms with Crippen LogP contribution in [0.4, 0.5) is 0 Å². The second-order valence-electron chi connectivity index (χ2n) is 12.8. The van der Waals surface area contributed by atoms with Crippen molar-refractivity contribution in [1.82, 2.24) is 49.4 Å². The summed E-state index contributed by atoms with van der Waals surface area (Å²) in [6, 6.07) is 11.1. The van der Waals surface area contributed by atoms with Crippen LogP contribution in [0.15, 0.2) is 48.7 Å². The summed E-state index contributed by atoms with van der Waals surface area (Å²) in [5.74, 6) is -1.42. The molecule has 2 bridgehead atoms. The molecule has 0 radical (unpaired) electrons. The van der Waals surface area contributed by atoms with E-state index < -0.39 is 29.8 Å². The van der Waals surface area contributed by atoms with Crippen molar-refractivity contribution < 1.29 is 24.0 Å². The van der Waals surface area contributed by atoms with Crippen LogP contribution in [0.2, 0.25) is 0 Å². The molecule has 15 nitrogen and oxygen atoms in total. The summed E-state index contributed by atoms with van der Waals surface area (Å²) < 4.78 is 10.2. The number of carbonyl (C=O) groups is 5. The third-order valence-corrected chi connectivity index (χ3v) is 9.84. The number of hydrogen-bond acceptors (Lipinski definition) is 9. The first kappa shape index (κ1) is 36.2. The minimum Gasteiger partial charge on any atom is -0.361 e. The Morgan fingerprint density at radius 3 is 2.50 bits per heavy atom. The fourth-order valence-corrected chi connectivity index (χ4v) is 6.95. The molecule has 0 aliphatic carbocycles. The molecule has 0 saturated carbocycles. The smallest absolute Gasteiger partial charge is 0.275 e. The number of hydrogen-bond donors (Lipinski definition) is 5. The van der Waals surface area contributed by atoms with E-state index in [1.807, 2.05) is 42.0 Å². The van der Waals surface area contributed by atoms with E-state index >= 15 is 0 Å². The Balaban J connectivity index is 1.28. The predicted molar refractivity (Wildman–Crippen MR) is 196 cm³/mol. The fraction of sp³-hybridized carbons (Fsp3) is 0.389. The fourth-order valence-electron chi connectivity index (χ4n) is 6.41. The van der Waals surface area contributed by atoms with Gasteiger partial charge in [-0.3, -0.25) is 24.0 Å². The Morgan fingerprint density at radius 2 is 1.71 bits per heavy atom. The molecule has 0 unspecified atom stereocenters. The summed E-state index contributed by atoms with van der Waals surface area (Å²) in [5, 5.41) is 12.5. The van der Waals surface area contributed by atoms with E-state index in [0.29, 0.717) is 37.2 Å². The Kier molecular flexibility index (Phi) is 11.2. The third-order valence-electron chi connectivity index (χ3n) is 9.22. The lowest BCUT2D eigenvalue weighted by Gasteiger charge is -2.25. The molecule has 1 aliphatic heterocycles. The van der Waals surface area contributed by atoms with Gasteiger partial charge in [-0.2, -0.15) is 8.75 Å². The molecule has 272 valence electrons. The number of rotatable bonds is 4.